The second-order valence-corrected chi connectivity index (χ2v) is 16.0. The van der Waals surface area contributed by atoms with Crippen molar-refractivity contribution in [3.05, 3.63) is 59.7 Å². The van der Waals surface area contributed by atoms with Crippen LogP contribution in [0, 0.1) is 23.7 Å². The predicted molar refractivity (Wildman–Crippen MR) is 211 cm³/mol. The van der Waals surface area contributed by atoms with Crippen LogP contribution >= 0.6 is 0 Å². The van der Waals surface area contributed by atoms with Gasteiger partial charge in [-0.2, -0.15) is 0 Å². The molecule has 0 heterocycles. The molecule has 2 aliphatic carbocycles. The number of carbonyl (C=O) groups is 2. The van der Waals surface area contributed by atoms with Crippen molar-refractivity contribution in [3.8, 4) is 11.5 Å². The topological polar surface area (TPSA) is 71.1 Å². The van der Waals surface area contributed by atoms with Gasteiger partial charge in [-0.25, -0.2) is 9.59 Å². The minimum atomic E-state index is -0.613. The third kappa shape index (κ3) is 15.1. The summed E-state index contributed by atoms with van der Waals surface area (Å²) in [6, 6.07) is 14.2. The van der Waals surface area contributed by atoms with E-state index >= 15 is 0 Å². The van der Waals surface area contributed by atoms with Crippen LogP contribution in [0.25, 0.3) is 0 Å². The molecule has 0 saturated heterocycles. The van der Waals surface area contributed by atoms with Gasteiger partial charge < -0.3 is 18.9 Å². The van der Waals surface area contributed by atoms with Crippen LogP contribution in [-0.4, -0.2) is 37.4 Å². The Morgan fingerprint density at radius 2 is 0.808 bits per heavy atom. The molecule has 2 aliphatic rings. The highest BCUT2D eigenvalue weighted by Crippen LogP contribution is 2.35. The quantitative estimate of drug-likeness (QED) is 0.0841. The first-order valence-electron chi connectivity index (χ1n) is 21.2. The normalized spacial score (nSPS) is 21.5. The first-order valence-corrected chi connectivity index (χ1v) is 21.2. The van der Waals surface area contributed by atoms with Crippen LogP contribution < -0.4 is 9.47 Å². The Morgan fingerprint density at radius 3 is 1.12 bits per heavy atom. The summed E-state index contributed by atoms with van der Waals surface area (Å²) in [7, 11) is 0. The lowest BCUT2D eigenvalue weighted by molar-refractivity contribution is -0.0239. The maximum absolute atomic E-state index is 12.8. The van der Waals surface area contributed by atoms with E-state index in [1.807, 2.05) is 24.3 Å². The van der Waals surface area contributed by atoms with Gasteiger partial charge in [0, 0.05) is 0 Å². The van der Waals surface area contributed by atoms with E-state index in [1.54, 1.807) is 38.1 Å². The molecule has 6 heteroatoms. The third-order valence-corrected chi connectivity index (χ3v) is 11.8. The second-order valence-electron chi connectivity index (χ2n) is 16.0. The molecule has 0 spiro atoms. The molecule has 6 nitrogen and oxygen atoms in total. The van der Waals surface area contributed by atoms with Crippen molar-refractivity contribution in [2.24, 2.45) is 23.7 Å². The average Bonchev–Trinajstić information content (AvgIpc) is 3.17. The minimum absolute atomic E-state index is 0.439. The molecule has 2 aromatic rings. The number of hydrogen-bond acceptors (Lipinski definition) is 6. The Morgan fingerprint density at radius 1 is 0.500 bits per heavy atom. The molecule has 0 bridgehead atoms. The summed E-state index contributed by atoms with van der Waals surface area (Å²) in [5, 5.41) is 0. The Balaban J connectivity index is 1.06. The number of unbranched alkanes of at least 4 members (excludes halogenated alkanes) is 4. The van der Waals surface area contributed by atoms with Crippen molar-refractivity contribution < 1.29 is 28.5 Å². The molecule has 4 rings (SSSR count). The molecule has 0 amide bonds. The van der Waals surface area contributed by atoms with Crippen LogP contribution in [0.4, 0.5) is 0 Å². The fourth-order valence-corrected chi connectivity index (χ4v) is 8.15. The first-order chi connectivity index (χ1) is 25.3. The van der Waals surface area contributed by atoms with E-state index in [-0.39, 0.29) is 0 Å². The van der Waals surface area contributed by atoms with Gasteiger partial charge in [0.1, 0.15) is 23.7 Å². The number of hydrogen-bond donors (Lipinski definition) is 0. The third-order valence-electron chi connectivity index (χ3n) is 11.8. The Hall–Kier alpha value is -3.02. The zero-order valence-corrected chi connectivity index (χ0v) is 33.1. The fraction of sp³-hybridized carbons (Fsp3) is 0.696. The van der Waals surface area contributed by atoms with E-state index in [0.717, 1.165) is 48.0 Å². The zero-order valence-electron chi connectivity index (χ0n) is 33.1. The molecule has 2 saturated carbocycles. The number of benzene rings is 2. The summed E-state index contributed by atoms with van der Waals surface area (Å²) < 4.78 is 23.2. The molecule has 0 unspecified atom stereocenters. The molecule has 290 valence electrons. The highest BCUT2D eigenvalue weighted by molar-refractivity contribution is 5.90. The summed E-state index contributed by atoms with van der Waals surface area (Å²) in [5.74, 6) is 4.19. The van der Waals surface area contributed by atoms with Crippen LogP contribution in [0.5, 0.6) is 11.5 Å². The van der Waals surface area contributed by atoms with Gasteiger partial charge in [-0.1, -0.05) is 117 Å². The lowest BCUT2D eigenvalue weighted by Crippen LogP contribution is -2.30. The SMILES string of the molecule is CCCCCC1CCC(CCCOc2ccc(C(=O)O[C@H](C)[C@@H](C)OC(=O)c3ccc(OCCCC4CCC(CCCCC)CC4)cc3)cc2)CC1. The Kier molecular flexibility index (Phi) is 18.9. The smallest absolute Gasteiger partial charge is 0.338 e. The van der Waals surface area contributed by atoms with Crippen LogP contribution in [-0.2, 0) is 9.47 Å². The van der Waals surface area contributed by atoms with Crippen molar-refractivity contribution >= 4 is 11.9 Å². The molecule has 2 aromatic carbocycles. The van der Waals surface area contributed by atoms with E-state index in [9.17, 15) is 9.59 Å². The molecular weight excluding hydrogens is 648 g/mol. The first kappa shape index (κ1) is 41.7. The van der Waals surface area contributed by atoms with Crippen molar-refractivity contribution in [3.63, 3.8) is 0 Å². The fourth-order valence-electron chi connectivity index (χ4n) is 8.15. The van der Waals surface area contributed by atoms with Gasteiger partial charge in [-0.15, -0.1) is 0 Å². The van der Waals surface area contributed by atoms with Gasteiger partial charge in [0.05, 0.1) is 24.3 Å². The van der Waals surface area contributed by atoms with Crippen molar-refractivity contribution in [2.45, 2.75) is 168 Å². The van der Waals surface area contributed by atoms with Crippen molar-refractivity contribution in [2.75, 3.05) is 13.2 Å². The molecule has 2 fully saturated rings. The summed E-state index contributed by atoms with van der Waals surface area (Å²) in [5.41, 5.74) is 0.878. The van der Waals surface area contributed by atoms with Crippen LogP contribution in [0.15, 0.2) is 48.5 Å². The maximum atomic E-state index is 12.8. The highest BCUT2D eigenvalue weighted by Gasteiger charge is 2.24. The summed E-state index contributed by atoms with van der Waals surface area (Å²) in [6.07, 6.45) is 25.4. The van der Waals surface area contributed by atoms with E-state index < -0.39 is 24.1 Å². The van der Waals surface area contributed by atoms with Gasteiger partial charge in [-0.05, 0) is 112 Å². The summed E-state index contributed by atoms with van der Waals surface area (Å²) >= 11 is 0. The van der Waals surface area contributed by atoms with Crippen LogP contribution in [0.2, 0.25) is 0 Å². The Labute approximate surface area is 316 Å². The van der Waals surface area contributed by atoms with Gasteiger partial charge in [0.25, 0.3) is 0 Å². The molecule has 52 heavy (non-hydrogen) atoms. The van der Waals surface area contributed by atoms with Gasteiger partial charge in [-0.3, -0.25) is 0 Å². The highest BCUT2D eigenvalue weighted by atomic mass is 16.6. The second kappa shape index (κ2) is 23.6. The van der Waals surface area contributed by atoms with E-state index in [4.69, 9.17) is 18.9 Å². The summed E-state index contributed by atoms with van der Waals surface area (Å²) in [6.45, 7) is 9.42. The molecule has 0 aromatic heterocycles. The molecule has 2 atom stereocenters. The number of rotatable bonds is 23. The van der Waals surface area contributed by atoms with Crippen LogP contribution in [0.3, 0.4) is 0 Å². The van der Waals surface area contributed by atoms with E-state index in [1.165, 1.54) is 116 Å². The average molecular weight is 719 g/mol. The number of esters is 2. The largest absolute Gasteiger partial charge is 0.494 e. The van der Waals surface area contributed by atoms with Gasteiger partial charge >= 0.3 is 11.9 Å². The molecule has 0 radical (unpaired) electrons. The predicted octanol–water partition coefficient (Wildman–Crippen LogP) is 12.6. The van der Waals surface area contributed by atoms with Crippen molar-refractivity contribution in [1.29, 1.82) is 0 Å². The maximum Gasteiger partial charge on any atom is 0.338 e. The molecule has 0 aliphatic heterocycles. The minimum Gasteiger partial charge on any atom is -0.494 e. The standard InChI is InChI=1S/C46H70O6/c1-5-7-9-13-37-17-21-39(22-18-37)15-11-33-49-43-29-25-41(26-30-43)45(47)51-35(3)36(4)52-46(48)42-27-31-44(32-28-42)50-34-12-16-40-23-19-38(20-24-40)14-10-8-6-2/h25-32,35-40H,5-24,33-34H2,1-4H3/t35-,36-,37?,38?,39?,40?/m1/s1. The lowest BCUT2D eigenvalue weighted by atomic mass is 9.78. The molecule has 0 N–H and O–H groups in total. The van der Waals surface area contributed by atoms with Gasteiger partial charge in [0.2, 0.25) is 0 Å². The van der Waals surface area contributed by atoms with Crippen molar-refractivity contribution in [1.82, 2.24) is 0 Å². The monoisotopic (exact) mass is 719 g/mol. The van der Waals surface area contributed by atoms with E-state index in [0.29, 0.717) is 24.3 Å². The number of ether oxygens (including phenoxy) is 4. The molecular formula is C46H70O6. The summed E-state index contributed by atoms with van der Waals surface area (Å²) in [4.78, 5) is 25.7. The van der Waals surface area contributed by atoms with Gasteiger partial charge in [0.15, 0.2) is 0 Å². The van der Waals surface area contributed by atoms with Crippen LogP contribution in [0.1, 0.15) is 177 Å². The zero-order chi connectivity index (χ0) is 37.0. The number of carbonyl (C=O) groups excluding carboxylic acids is 2. The lowest BCUT2D eigenvalue weighted by Gasteiger charge is -2.28. The van der Waals surface area contributed by atoms with E-state index in [2.05, 4.69) is 13.8 Å². The Bertz CT molecular complexity index is 1160.